The van der Waals surface area contributed by atoms with E-state index in [0.717, 1.165) is 11.8 Å². The second-order valence-electron chi connectivity index (χ2n) is 6.44. The fourth-order valence-electron chi connectivity index (χ4n) is 2.40. The summed E-state index contributed by atoms with van der Waals surface area (Å²) in [6.45, 7) is 6.84. The average molecular weight is 231 g/mol. The van der Waals surface area contributed by atoms with Crippen LogP contribution in [0.1, 0.15) is 33.6 Å². The van der Waals surface area contributed by atoms with Crippen LogP contribution in [0.5, 0.6) is 0 Å². The van der Waals surface area contributed by atoms with Crippen molar-refractivity contribution in [2.45, 2.75) is 50.5 Å². The lowest BCUT2D eigenvalue weighted by Gasteiger charge is -2.45. The summed E-state index contributed by atoms with van der Waals surface area (Å²) >= 11 is 0. The van der Waals surface area contributed by atoms with Crippen molar-refractivity contribution in [1.82, 2.24) is 0 Å². The molecule has 0 saturated heterocycles. The highest BCUT2D eigenvalue weighted by Crippen LogP contribution is 2.59. The molecule has 0 aromatic heterocycles. The Morgan fingerprint density at radius 3 is 2.00 bits per heavy atom. The number of hydrogen-bond acceptors (Lipinski definition) is 2. The fraction of sp³-hybridized carbons (Fsp3) is 1.00. The predicted octanol–water partition coefficient (Wildman–Crippen LogP) is 2.52. The second kappa shape index (κ2) is 3.38. The first-order chi connectivity index (χ1) is 6.72. The molecule has 2 fully saturated rings. The van der Waals surface area contributed by atoms with Crippen molar-refractivity contribution >= 4 is 10.3 Å². The van der Waals surface area contributed by atoms with Gasteiger partial charge in [0.25, 0.3) is 0 Å². The lowest BCUT2D eigenvalue weighted by Crippen LogP contribution is -2.29. The molecule has 0 heterocycles. The van der Waals surface area contributed by atoms with Gasteiger partial charge in [-0.1, -0.05) is 20.8 Å². The van der Waals surface area contributed by atoms with Gasteiger partial charge >= 0.3 is 0 Å². The molecule has 2 saturated carbocycles. The molecule has 0 aromatic rings. The Labute approximate surface area is 95.5 Å². The van der Waals surface area contributed by atoms with Crippen LogP contribution < -0.4 is 5.73 Å². The summed E-state index contributed by atoms with van der Waals surface area (Å²) in [6.07, 6.45) is 7.48. The van der Waals surface area contributed by atoms with Crippen molar-refractivity contribution in [3.05, 3.63) is 0 Å². The van der Waals surface area contributed by atoms with E-state index in [2.05, 4.69) is 33.3 Å². The van der Waals surface area contributed by atoms with E-state index in [1.165, 1.54) is 12.8 Å². The van der Waals surface area contributed by atoms with Gasteiger partial charge in [-0.3, -0.25) is 0 Å². The largest absolute Gasteiger partial charge is 0.333 e. The van der Waals surface area contributed by atoms with E-state index in [4.69, 9.17) is 9.92 Å². The monoisotopic (exact) mass is 231 g/mol. The van der Waals surface area contributed by atoms with Gasteiger partial charge in [-0.15, -0.1) is 10.3 Å². The number of fused-ring (bicyclic) bond motifs is 1. The molecule has 3 heteroatoms. The predicted molar refractivity (Wildman–Crippen MR) is 68.3 cm³/mol. The molecule has 90 valence electrons. The van der Waals surface area contributed by atoms with E-state index in [-0.39, 0.29) is 4.75 Å². The minimum atomic E-state index is -0.942. The Balaban J connectivity index is 1.88. The molecule has 0 amide bonds. The highest BCUT2D eigenvalue weighted by molar-refractivity contribution is 8.29. The summed E-state index contributed by atoms with van der Waals surface area (Å²) in [5.41, 5.74) is 5.93. The van der Waals surface area contributed by atoms with Crippen molar-refractivity contribution in [2.75, 3.05) is 12.5 Å². The van der Waals surface area contributed by atoms with Crippen molar-refractivity contribution in [3.8, 4) is 0 Å². The molecular weight excluding hydrogens is 206 g/mol. The first-order valence-corrected chi connectivity index (χ1v) is 8.26. The van der Waals surface area contributed by atoms with Gasteiger partial charge in [-0.05, 0) is 37.2 Å². The van der Waals surface area contributed by atoms with Gasteiger partial charge < -0.3 is 9.92 Å². The van der Waals surface area contributed by atoms with E-state index in [1.54, 1.807) is 0 Å². The molecule has 0 aliphatic heterocycles. The molecule has 0 spiro atoms. The Morgan fingerprint density at radius 1 is 1.13 bits per heavy atom. The Bertz CT molecular complexity index is 247. The van der Waals surface area contributed by atoms with E-state index in [0.29, 0.717) is 12.1 Å². The first-order valence-electron chi connectivity index (χ1n) is 5.89. The molecule has 0 radical (unpaired) electrons. The van der Waals surface area contributed by atoms with E-state index in [1.807, 2.05) is 0 Å². The smallest absolute Gasteiger partial charge is 0.0707 e. The minimum absolute atomic E-state index is 0.280. The van der Waals surface area contributed by atoms with Crippen LogP contribution >= 0.6 is 10.3 Å². The maximum atomic E-state index is 6.34. The molecule has 2 atom stereocenters. The third-order valence-corrected chi connectivity index (χ3v) is 8.02. The van der Waals surface area contributed by atoms with Crippen LogP contribution in [0, 0.1) is 11.8 Å². The van der Waals surface area contributed by atoms with Gasteiger partial charge in [0, 0.05) is 10.8 Å². The van der Waals surface area contributed by atoms with E-state index >= 15 is 0 Å². The summed E-state index contributed by atoms with van der Waals surface area (Å²) < 4.78 is 6.62. The maximum Gasteiger partial charge on any atom is 0.0707 e. The molecule has 2 N–H and O–H groups in total. The normalized spacial score (nSPS) is 41.5. The lowest BCUT2D eigenvalue weighted by atomic mass is 10.2. The molecule has 2 aliphatic carbocycles. The van der Waals surface area contributed by atoms with Crippen LogP contribution in [0.2, 0.25) is 0 Å². The van der Waals surface area contributed by atoms with Gasteiger partial charge in [-0.25, -0.2) is 0 Å². The summed E-state index contributed by atoms with van der Waals surface area (Å²) in [6, 6.07) is 0.498. The quantitative estimate of drug-likeness (QED) is 0.792. The van der Waals surface area contributed by atoms with Crippen molar-refractivity contribution in [3.63, 3.8) is 0 Å². The van der Waals surface area contributed by atoms with Crippen LogP contribution in [0.25, 0.3) is 0 Å². The summed E-state index contributed by atoms with van der Waals surface area (Å²) in [5.74, 6) is 1.57. The summed E-state index contributed by atoms with van der Waals surface area (Å²) in [4.78, 5) is 0. The molecule has 2 rings (SSSR count). The third kappa shape index (κ3) is 2.06. The molecule has 0 bridgehead atoms. The number of nitrogens with two attached hydrogens (primary N) is 1. The topological polar surface area (TPSA) is 35.2 Å². The first kappa shape index (κ1) is 11.7. The fourth-order valence-corrected chi connectivity index (χ4v) is 3.53. The highest BCUT2D eigenvalue weighted by Gasteiger charge is 2.55. The third-order valence-electron chi connectivity index (χ3n) is 4.32. The maximum absolute atomic E-state index is 6.34. The second-order valence-corrected chi connectivity index (χ2v) is 10.3. The standard InChI is InChI=1S/C12H25NOS/c1-12(2,3)15(4,5)14-8-6-9-10(7-8)11(9)13/h8-11H,6-7,13H2,1-5H3. The molecule has 2 unspecified atom stereocenters. The molecule has 2 aliphatic rings. The van der Waals surface area contributed by atoms with Gasteiger partial charge in [0.1, 0.15) is 0 Å². The van der Waals surface area contributed by atoms with E-state index in [9.17, 15) is 0 Å². The van der Waals surface area contributed by atoms with Crippen molar-refractivity contribution < 1.29 is 4.18 Å². The average Bonchev–Trinajstić information content (AvgIpc) is 2.54. The molecular formula is C12H25NOS. The molecule has 2 nitrogen and oxygen atoms in total. The Kier molecular flexibility index (Phi) is 2.65. The zero-order chi connectivity index (χ0) is 11.4. The van der Waals surface area contributed by atoms with Crippen LogP contribution in [0.4, 0.5) is 0 Å². The SMILES string of the molecule is CC(C)(C)S(C)(C)OC1CC2C(N)C2C1. The summed E-state index contributed by atoms with van der Waals surface area (Å²) in [7, 11) is -0.942. The van der Waals surface area contributed by atoms with Crippen molar-refractivity contribution in [2.24, 2.45) is 17.6 Å². The lowest BCUT2D eigenvalue weighted by molar-refractivity contribution is 0.214. The van der Waals surface area contributed by atoms with E-state index < -0.39 is 10.3 Å². The van der Waals surface area contributed by atoms with Gasteiger partial charge in [0.2, 0.25) is 0 Å². The Morgan fingerprint density at radius 2 is 1.60 bits per heavy atom. The summed E-state index contributed by atoms with van der Waals surface area (Å²) in [5, 5.41) is 0. The zero-order valence-electron chi connectivity index (χ0n) is 10.6. The van der Waals surface area contributed by atoms with Crippen LogP contribution in [0.3, 0.4) is 0 Å². The number of hydrogen-bond donors (Lipinski definition) is 1. The highest BCUT2D eigenvalue weighted by atomic mass is 32.3. The number of rotatable bonds is 2. The molecule has 15 heavy (non-hydrogen) atoms. The zero-order valence-corrected chi connectivity index (χ0v) is 11.4. The van der Waals surface area contributed by atoms with Gasteiger partial charge in [0.05, 0.1) is 6.10 Å². The van der Waals surface area contributed by atoms with Crippen LogP contribution in [-0.4, -0.2) is 29.4 Å². The Hall–Kier alpha value is 0.270. The van der Waals surface area contributed by atoms with Gasteiger partial charge in [-0.2, -0.15) is 0 Å². The minimum Gasteiger partial charge on any atom is -0.333 e. The molecule has 0 aromatic carbocycles. The van der Waals surface area contributed by atoms with Crippen molar-refractivity contribution in [1.29, 1.82) is 0 Å². The van der Waals surface area contributed by atoms with Gasteiger partial charge in [0.15, 0.2) is 0 Å². The van der Waals surface area contributed by atoms with Crippen LogP contribution in [0.15, 0.2) is 0 Å². The van der Waals surface area contributed by atoms with Crippen LogP contribution in [-0.2, 0) is 4.18 Å².